The topological polar surface area (TPSA) is 12.9 Å². The van der Waals surface area contributed by atoms with Gasteiger partial charge in [-0.3, -0.25) is 4.98 Å². The van der Waals surface area contributed by atoms with Crippen LogP contribution in [0.3, 0.4) is 0 Å². The Kier molecular flexibility index (Phi) is 3.51. The second kappa shape index (κ2) is 3.66. The van der Waals surface area contributed by atoms with Crippen molar-refractivity contribution < 1.29 is 0 Å². The van der Waals surface area contributed by atoms with E-state index in [4.69, 9.17) is 0 Å². The van der Waals surface area contributed by atoms with Crippen molar-refractivity contribution in [2.45, 2.75) is 6.92 Å². The smallest absolute Gasteiger partial charge is 0.187 e. The summed E-state index contributed by atoms with van der Waals surface area (Å²) in [6, 6.07) is 5.86. The molecular weight excluding hydrogens is 113 g/mol. The van der Waals surface area contributed by atoms with Crippen molar-refractivity contribution in [3.63, 3.8) is 0 Å². The number of aromatic nitrogens is 1. The largest absolute Gasteiger partial charge is 0.262 e. The lowest BCUT2D eigenvalue weighted by Gasteiger charge is -1.82. The van der Waals surface area contributed by atoms with E-state index in [1.54, 1.807) is 6.20 Å². The molecule has 42 valence electrons. The standard InChI is InChI=1S/C6H7N.Al.3H/c1-6-4-2-3-5-7-6;;;;/h2-5H,1H3;;;;. The van der Waals surface area contributed by atoms with Gasteiger partial charge in [-0.2, -0.15) is 0 Å². The fourth-order valence-corrected chi connectivity index (χ4v) is 0.448. The average molecular weight is 123 g/mol. The predicted octanol–water partition coefficient (Wildman–Crippen LogP) is 0.206. The van der Waals surface area contributed by atoms with Crippen LogP contribution in [0.25, 0.3) is 0 Å². The van der Waals surface area contributed by atoms with Crippen molar-refractivity contribution in [1.29, 1.82) is 0 Å². The van der Waals surface area contributed by atoms with E-state index in [0.717, 1.165) is 5.69 Å². The summed E-state index contributed by atoms with van der Waals surface area (Å²) in [5, 5.41) is 0. The molecule has 0 fully saturated rings. The molecule has 1 nitrogen and oxygen atoms in total. The summed E-state index contributed by atoms with van der Waals surface area (Å²) < 4.78 is 0. The Labute approximate surface area is 59.9 Å². The van der Waals surface area contributed by atoms with E-state index in [0.29, 0.717) is 0 Å². The second-order valence-corrected chi connectivity index (χ2v) is 1.47. The molecule has 0 atom stereocenters. The van der Waals surface area contributed by atoms with E-state index in [2.05, 4.69) is 4.98 Å². The number of rotatable bonds is 0. The first-order valence-corrected chi connectivity index (χ1v) is 2.27. The molecule has 0 N–H and O–H groups in total. The Morgan fingerprint density at radius 1 is 1.38 bits per heavy atom. The highest BCUT2D eigenvalue weighted by molar-refractivity contribution is 5.75. The molecule has 0 aliphatic heterocycles. The van der Waals surface area contributed by atoms with Crippen molar-refractivity contribution in [1.82, 2.24) is 4.98 Å². The van der Waals surface area contributed by atoms with Crippen LogP contribution >= 0.6 is 0 Å². The summed E-state index contributed by atoms with van der Waals surface area (Å²) in [5.41, 5.74) is 1.07. The van der Waals surface area contributed by atoms with Crippen LogP contribution in [-0.4, -0.2) is 22.3 Å². The zero-order valence-corrected chi connectivity index (χ0v) is 4.26. The maximum atomic E-state index is 3.98. The maximum absolute atomic E-state index is 3.98. The second-order valence-electron chi connectivity index (χ2n) is 1.47. The van der Waals surface area contributed by atoms with Crippen molar-refractivity contribution in [2.24, 2.45) is 0 Å². The van der Waals surface area contributed by atoms with Gasteiger partial charge < -0.3 is 0 Å². The van der Waals surface area contributed by atoms with Gasteiger partial charge >= 0.3 is 0 Å². The van der Waals surface area contributed by atoms with Crippen LogP contribution in [0.2, 0.25) is 0 Å². The third-order valence-electron chi connectivity index (χ3n) is 0.813. The van der Waals surface area contributed by atoms with Crippen molar-refractivity contribution in [3.8, 4) is 0 Å². The van der Waals surface area contributed by atoms with Crippen LogP contribution < -0.4 is 0 Å². The molecule has 1 rings (SSSR count). The molecule has 0 saturated carbocycles. The Hall–Kier alpha value is -0.318. The molecule has 1 aromatic rings. The molecule has 0 unspecified atom stereocenters. The van der Waals surface area contributed by atoms with Gasteiger partial charge in [0.25, 0.3) is 0 Å². The molecule has 0 aliphatic rings. The van der Waals surface area contributed by atoms with Crippen LogP contribution in [0, 0.1) is 6.92 Å². The summed E-state index contributed by atoms with van der Waals surface area (Å²) in [6.07, 6.45) is 1.79. The highest BCUT2D eigenvalue weighted by atomic mass is 27.0. The van der Waals surface area contributed by atoms with Gasteiger partial charge in [0.1, 0.15) is 0 Å². The lowest BCUT2D eigenvalue weighted by atomic mass is 10.4. The predicted molar refractivity (Wildman–Crippen MR) is 38.9 cm³/mol. The van der Waals surface area contributed by atoms with E-state index < -0.39 is 0 Å². The summed E-state index contributed by atoms with van der Waals surface area (Å²) in [4.78, 5) is 3.98. The number of hydrogen-bond acceptors (Lipinski definition) is 1. The zero-order chi connectivity index (χ0) is 5.11. The van der Waals surface area contributed by atoms with Gasteiger partial charge in [0, 0.05) is 11.9 Å². The average Bonchev–Trinajstić information content (AvgIpc) is 1.69. The fourth-order valence-electron chi connectivity index (χ4n) is 0.448. The van der Waals surface area contributed by atoms with E-state index in [9.17, 15) is 0 Å². The molecule has 0 bridgehead atoms. The Morgan fingerprint density at radius 3 is 2.38 bits per heavy atom. The summed E-state index contributed by atoms with van der Waals surface area (Å²) in [5.74, 6) is 0. The molecule has 0 aliphatic carbocycles. The first-order valence-electron chi connectivity index (χ1n) is 2.27. The molecule has 1 heterocycles. The van der Waals surface area contributed by atoms with Crippen LogP contribution in [0.1, 0.15) is 5.69 Å². The number of nitrogens with zero attached hydrogens (tertiary/aromatic N) is 1. The van der Waals surface area contributed by atoms with Gasteiger partial charge in [-0.05, 0) is 19.1 Å². The van der Waals surface area contributed by atoms with E-state index in [1.165, 1.54) is 0 Å². The monoisotopic (exact) mass is 123 g/mol. The quantitative estimate of drug-likeness (QED) is 0.449. The molecule has 8 heavy (non-hydrogen) atoms. The summed E-state index contributed by atoms with van der Waals surface area (Å²) >= 11 is 0. The molecule has 0 amide bonds. The van der Waals surface area contributed by atoms with Crippen molar-refractivity contribution in [2.75, 3.05) is 0 Å². The van der Waals surface area contributed by atoms with Crippen LogP contribution in [0.4, 0.5) is 0 Å². The molecular formula is C6H10AlN. The Morgan fingerprint density at radius 2 is 2.12 bits per heavy atom. The SMILES string of the molecule is Cc1ccccn1.[AlH3]. The lowest BCUT2D eigenvalue weighted by molar-refractivity contribution is 1.20. The Bertz CT molecular complexity index is 138. The van der Waals surface area contributed by atoms with Crippen LogP contribution in [0.5, 0.6) is 0 Å². The van der Waals surface area contributed by atoms with Crippen molar-refractivity contribution >= 4 is 17.4 Å². The maximum Gasteiger partial charge on any atom is 0.187 e. The van der Waals surface area contributed by atoms with E-state index >= 15 is 0 Å². The zero-order valence-electron chi connectivity index (χ0n) is 4.26. The van der Waals surface area contributed by atoms with Crippen LogP contribution in [0.15, 0.2) is 24.4 Å². The molecule has 0 spiro atoms. The molecule has 2 heteroatoms. The normalized spacial score (nSPS) is 7.62. The number of hydrogen-bond donors (Lipinski definition) is 0. The molecule has 0 aromatic carbocycles. The minimum atomic E-state index is 0. The third kappa shape index (κ3) is 2.11. The van der Waals surface area contributed by atoms with E-state index in [-0.39, 0.29) is 17.4 Å². The minimum absolute atomic E-state index is 0. The van der Waals surface area contributed by atoms with Gasteiger partial charge in [-0.1, -0.05) is 6.07 Å². The van der Waals surface area contributed by atoms with Gasteiger partial charge in [-0.25, -0.2) is 0 Å². The Balaban J connectivity index is 0.000000490. The highest BCUT2D eigenvalue weighted by Crippen LogP contribution is 1.85. The third-order valence-corrected chi connectivity index (χ3v) is 0.813. The van der Waals surface area contributed by atoms with Gasteiger partial charge in [-0.15, -0.1) is 0 Å². The summed E-state index contributed by atoms with van der Waals surface area (Å²) in [6.45, 7) is 1.97. The van der Waals surface area contributed by atoms with Gasteiger partial charge in [0.15, 0.2) is 17.4 Å². The van der Waals surface area contributed by atoms with E-state index in [1.807, 2.05) is 25.1 Å². The van der Waals surface area contributed by atoms with Gasteiger partial charge in [0.05, 0.1) is 0 Å². The molecule has 1 aromatic heterocycles. The highest BCUT2D eigenvalue weighted by Gasteiger charge is 1.73. The summed E-state index contributed by atoms with van der Waals surface area (Å²) in [7, 11) is 0. The van der Waals surface area contributed by atoms with Crippen molar-refractivity contribution in [3.05, 3.63) is 30.1 Å². The fraction of sp³-hybridized carbons (Fsp3) is 0.167. The number of pyridine rings is 1. The van der Waals surface area contributed by atoms with Crippen LogP contribution in [-0.2, 0) is 0 Å². The first kappa shape index (κ1) is 7.68. The molecule has 0 radical (unpaired) electrons. The minimum Gasteiger partial charge on any atom is -0.262 e. The first-order chi connectivity index (χ1) is 3.39. The molecule has 0 saturated heterocycles. The lowest BCUT2D eigenvalue weighted by Crippen LogP contribution is -1.72. The van der Waals surface area contributed by atoms with Gasteiger partial charge in [0.2, 0.25) is 0 Å². The number of aryl methyl sites for hydroxylation is 1.